The van der Waals surface area contributed by atoms with Gasteiger partial charge in [-0.15, -0.1) is 0 Å². The number of hydrogen-bond acceptors (Lipinski definition) is 0. The predicted molar refractivity (Wildman–Crippen MR) is 63.6 cm³/mol. The van der Waals surface area contributed by atoms with Crippen LogP contribution in [0, 0.1) is 0 Å². The fourth-order valence-electron chi connectivity index (χ4n) is 1.70. The average Bonchev–Trinajstić information content (AvgIpc) is 2.11. The molecule has 0 nitrogen and oxygen atoms in total. The van der Waals surface area contributed by atoms with Crippen molar-refractivity contribution in [1.82, 2.24) is 0 Å². The van der Waals surface area contributed by atoms with E-state index in [4.69, 9.17) is 11.6 Å². The SMILES string of the molecule is Cl/C1=C/C(Br)CCCCCCCC1. The molecule has 0 spiro atoms. The second-order valence-corrected chi connectivity index (χ2v) is 5.45. The van der Waals surface area contributed by atoms with Crippen molar-refractivity contribution in [2.45, 2.75) is 56.2 Å². The molecule has 2 heteroatoms. The third kappa shape index (κ3) is 5.74. The molecule has 0 aliphatic heterocycles. The molecule has 0 aromatic rings. The lowest BCUT2D eigenvalue weighted by atomic mass is 10.1. The fourth-order valence-corrected chi connectivity index (χ4v) is 2.78. The van der Waals surface area contributed by atoms with Crippen LogP contribution in [-0.2, 0) is 0 Å². The second kappa shape index (κ2) is 6.89. The van der Waals surface area contributed by atoms with Crippen LogP contribution < -0.4 is 0 Å². The smallest absolute Gasteiger partial charge is 0.0339 e. The monoisotopic (exact) mass is 264 g/mol. The van der Waals surface area contributed by atoms with Crippen LogP contribution in [0.25, 0.3) is 0 Å². The van der Waals surface area contributed by atoms with Crippen LogP contribution in [0.5, 0.6) is 0 Å². The van der Waals surface area contributed by atoms with Gasteiger partial charge < -0.3 is 0 Å². The quantitative estimate of drug-likeness (QED) is 0.540. The molecule has 0 radical (unpaired) electrons. The van der Waals surface area contributed by atoms with Crippen LogP contribution in [0.2, 0.25) is 0 Å². The number of rotatable bonds is 0. The molecule has 0 saturated carbocycles. The lowest BCUT2D eigenvalue weighted by Gasteiger charge is -2.03. The summed E-state index contributed by atoms with van der Waals surface area (Å²) >= 11 is 9.74. The Hall–Kier alpha value is 0.510. The second-order valence-electron chi connectivity index (χ2n) is 3.79. The van der Waals surface area contributed by atoms with Gasteiger partial charge in [-0.2, -0.15) is 0 Å². The van der Waals surface area contributed by atoms with Gasteiger partial charge in [0.1, 0.15) is 0 Å². The predicted octanol–water partition coefficient (Wildman–Crippen LogP) is 5.01. The Morgan fingerprint density at radius 3 is 2.46 bits per heavy atom. The van der Waals surface area contributed by atoms with E-state index in [1.54, 1.807) is 0 Å². The summed E-state index contributed by atoms with van der Waals surface area (Å²) < 4.78 is 0. The van der Waals surface area contributed by atoms with Crippen molar-refractivity contribution in [3.05, 3.63) is 11.1 Å². The normalized spacial score (nSPS) is 31.5. The molecule has 1 unspecified atom stereocenters. The third-order valence-electron chi connectivity index (χ3n) is 2.51. The van der Waals surface area contributed by atoms with E-state index in [1.807, 2.05) is 0 Å². The highest BCUT2D eigenvalue weighted by Gasteiger charge is 2.04. The molecule has 0 aromatic heterocycles. The summed E-state index contributed by atoms with van der Waals surface area (Å²) in [7, 11) is 0. The molecule has 1 rings (SSSR count). The van der Waals surface area contributed by atoms with Crippen molar-refractivity contribution in [2.24, 2.45) is 0 Å². The van der Waals surface area contributed by atoms with Crippen molar-refractivity contribution in [3.8, 4) is 0 Å². The van der Waals surface area contributed by atoms with Crippen LogP contribution in [0.3, 0.4) is 0 Å². The maximum atomic E-state index is 6.10. The maximum Gasteiger partial charge on any atom is 0.0339 e. The molecular weight excluding hydrogens is 247 g/mol. The van der Waals surface area contributed by atoms with E-state index in [9.17, 15) is 0 Å². The van der Waals surface area contributed by atoms with E-state index in [0.717, 1.165) is 11.5 Å². The minimum Gasteiger partial charge on any atom is -0.0895 e. The number of alkyl halides is 1. The van der Waals surface area contributed by atoms with Gasteiger partial charge in [-0.05, 0) is 19.3 Å². The summed E-state index contributed by atoms with van der Waals surface area (Å²) in [5.41, 5.74) is 0. The van der Waals surface area contributed by atoms with E-state index in [0.29, 0.717) is 4.83 Å². The van der Waals surface area contributed by atoms with Gasteiger partial charge in [0.2, 0.25) is 0 Å². The molecule has 1 atom stereocenters. The molecule has 0 fully saturated rings. The average molecular weight is 266 g/mol. The summed E-state index contributed by atoms with van der Waals surface area (Å²) in [6.07, 6.45) is 12.6. The topological polar surface area (TPSA) is 0 Å². The molecule has 1 aliphatic rings. The first kappa shape index (κ1) is 11.6. The Labute approximate surface area is 94.9 Å². The van der Waals surface area contributed by atoms with Gasteiger partial charge in [0.15, 0.2) is 0 Å². The number of hydrogen-bond donors (Lipinski definition) is 0. The van der Waals surface area contributed by atoms with Crippen LogP contribution in [0.4, 0.5) is 0 Å². The molecule has 0 bridgehead atoms. The lowest BCUT2D eigenvalue weighted by molar-refractivity contribution is 0.591. The summed E-state index contributed by atoms with van der Waals surface area (Å²) in [4.78, 5) is 0.498. The van der Waals surface area contributed by atoms with Crippen molar-refractivity contribution >= 4 is 27.5 Å². The molecule has 0 amide bonds. The molecule has 0 aromatic carbocycles. The molecule has 1 aliphatic carbocycles. The highest BCUT2D eigenvalue weighted by Crippen LogP contribution is 2.22. The third-order valence-corrected chi connectivity index (χ3v) is 3.54. The zero-order chi connectivity index (χ0) is 9.52. The summed E-state index contributed by atoms with van der Waals surface area (Å²) in [6.45, 7) is 0. The largest absolute Gasteiger partial charge is 0.0895 e. The first-order chi connectivity index (χ1) is 6.29. The van der Waals surface area contributed by atoms with Crippen LogP contribution in [0.1, 0.15) is 51.4 Å². The molecule has 0 heterocycles. The number of allylic oxidation sites excluding steroid dienone is 2. The Morgan fingerprint density at radius 2 is 1.69 bits per heavy atom. The lowest BCUT2D eigenvalue weighted by Crippen LogP contribution is -1.93. The van der Waals surface area contributed by atoms with E-state index >= 15 is 0 Å². The molecule has 76 valence electrons. The summed E-state index contributed by atoms with van der Waals surface area (Å²) in [5, 5.41) is 1.05. The van der Waals surface area contributed by atoms with Gasteiger partial charge in [-0.1, -0.05) is 65.7 Å². The van der Waals surface area contributed by atoms with Crippen LogP contribution in [0.15, 0.2) is 11.1 Å². The van der Waals surface area contributed by atoms with Crippen molar-refractivity contribution in [1.29, 1.82) is 0 Å². The minimum absolute atomic E-state index is 0.498. The highest BCUT2D eigenvalue weighted by atomic mass is 79.9. The van der Waals surface area contributed by atoms with E-state index in [-0.39, 0.29) is 0 Å². The van der Waals surface area contributed by atoms with E-state index in [2.05, 4.69) is 22.0 Å². The zero-order valence-corrected chi connectivity index (χ0v) is 10.4. The van der Waals surface area contributed by atoms with Crippen LogP contribution in [-0.4, -0.2) is 4.83 Å². The fraction of sp³-hybridized carbons (Fsp3) is 0.818. The van der Waals surface area contributed by atoms with E-state index in [1.165, 1.54) is 44.9 Å². The van der Waals surface area contributed by atoms with Gasteiger partial charge in [0.05, 0.1) is 0 Å². The number of halogens is 2. The molecule has 13 heavy (non-hydrogen) atoms. The van der Waals surface area contributed by atoms with Gasteiger partial charge in [-0.3, -0.25) is 0 Å². The first-order valence-electron chi connectivity index (χ1n) is 5.29. The van der Waals surface area contributed by atoms with Gasteiger partial charge >= 0.3 is 0 Å². The Balaban J connectivity index is 2.38. The highest BCUT2D eigenvalue weighted by molar-refractivity contribution is 9.09. The van der Waals surface area contributed by atoms with Crippen molar-refractivity contribution < 1.29 is 0 Å². The summed E-state index contributed by atoms with van der Waals surface area (Å²) in [5.74, 6) is 0. The van der Waals surface area contributed by atoms with Gasteiger partial charge in [0, 0.05) is 9.86 Å². The molecule has 0 N–H and O–H groups in total. The first-order valence-corrected chi connectivity index (χ1v) is 6.58. The standard InChI is InChI=1S/C11H18BrCl/c12-10-7-5-3-1-2-4-6-8-11(13)9-10/h9-10H,1-8H2/b11-9+. The van der Waals surface area contributed by atoms with Gasteiger partial charge in [-0.25, -0.2) is 0 Å². The Bertz CT molecular complexity index is 165. The van der Waals surface area contributed by atoms with Crippen LogP contribution >= 0.6 is 27.5 Å². The molecular formula is C11H18BrCl. The summed E-state index contributed by atoms with van der Waals surface area (Å²) in [6, 6.07) is 0. The Kier molecular flexibility index (Phi) is 6.14. The molecule has 0 saturated heterocycles. The maximum absolute atomic E-state index is 6.10. The van der Waals surface area contributed by atoms with Crippen molar-refractivity contribution in [2.75, 3.05) is 0 Å². The van der Waals surface area contributed by atoms with E-state index < -0.39 is 0 Å². The van der Waals surface area contributed by atoms with Gasteiger partial charge in [0.25, 0.3) is 0 Å². The zero-order valence-electron chi connectivity index (χ0n) is 8.07. The Morgan fingerprint density at radius 1 is 1.08 bits per heavy atom. The van der Waals surface area contributed by atoms with Crippen molar-refractivity contribution in [3.63, 3.8) is 0 Å². The minimum atomic E-state index is 0.498.